The van der Waals surface area contributed by atoms with E-state index in [0.29, 0.717) is 5.95 Å². The van der Waals surface area contributed by atoms with Crippen molar-refractivity contribution in [3.63, 3.8) is 0 Å². The predicted octanol–water partition coefficient (Wildman–Crippen LogP) is 4.27. The highest BCUT2D eigenvalue weighted by molar-refractivity contribution is 5.97. The van der Waals surface area contributed by atoms with E-state index < -0.39 is 0 Å². The van der Waals surface area contributed by atoms with Crippen molar-refractivity contribution in [1.82, 2.24) is 15.0 Å². The number of hydrogen-bond acceptors (Lipinski definition) is 6. The molecule has 34 heavy (non-hydrogen) atoms. The van der Waals surface area contributed by atoms with Crippen LogP contribution in [-0.2, 0) is 17.6 Å². The van der Waals surface area contributed by atoms with Crippen LogP contribution in [0.1, 0.15) is 49.8 Å². The largest absolute Gasteiger partial charge is 0.369 e. The number of anilines is 2. The van der Waals surface area contributed by atoms with E-state index >= 15 is 0 Å². The van der Waals surface area contributed by atoms with Gasteiger partial charge in [-0.25, -0.2) is 9.97 Å². The van der Waals surface area contributed by atoms with Gasteiger partial charge in [-0.05, 0) is 68.7 Å². The van der Waals surface area contributed by atoms with Crippen LogP contribution in [0.4, 0.5) is 11.6 Å². The number of aryl methyl sites for hydroxylation is 1. The fourth-order valence-corrected chi connectivity index (χ4v) is 5.22. The van der Waals surface area contributed by atoms with E-state index in [1.54, 1.807) is 6.20 Å². The zero-order valence-electron chi connectivity index (χ0n) is 19.3. The van der Waals surface area contributed by atoms with Gasteiger partial charge in [0, 0.05) is 47.9 Å². The maximum atomic E-state index is 12.2. The lowest BCUT2D eigenvalue weighted by atomic mass is 9.99. The summed E-state index contributed by atoms with van der Waals surface area (Å²) in [5, 5.41) is 4.04. The zero-order chi connectivity index (χ0) is 22.4. The summed E-state index contributed by atoms with van der Waals surface area (Å²) in [4.78, 5) is 28.6. The van der Waals surface area contributed by atoms with E-state index in [9.17, 15) is 4.79 Å². The first-order chi connectivity index (χ1) is 16.2. The molecule has 3 heterocycles. The molecule has 0 bridgehead atoms. The van der Waals surface area contributed by atoms with Gasteiger partial charge in [-0.3, -0.25) is 15.1 Å². The monoisotopic (exact) mass is 478 g/mol. The third-order valence-corrected chi connectivity index (χ3v) is 7.16. The Morgan fingerprint density at radius 2 is 1.91 bits per heavy atom. The number of nitrogens with zero attached hydrogens (tertiary/aromatic N) is 4. The maximum Gasteiger partial charge on any atom is 0.229 e. The fraction of sp³-hybridized carbons (Fsp3) is 0.462. The SMILES string of the molecule is Cl.N[C@H]1CCN(c2c3c(nc4ccc(-c5ccnc(NC(=O)C6CC6)n5)cc24)CCCCC3)C1. The van der Waals surface area contributed by atoms with Crippen LogP contribution < -0.4 is 16.0 Å². The molecule has 7 nitrogen and oxygen atoms in total. The minimum atomic E-state index is 0. The van der Waals surface area contributed by atoms with Crippen LogP contribution in [0.3, 0.4) is 0 Å². The number of carbonyl (C=O) groups is 1. The van der Waals surface area contributed by atoms with Crippen molar-refractivity contribution in [2.75, 3.05) is 23.3 Å². The van der Waals surface area contributed by atoms with Crippen LogP contribution in [-0.4, -0.2) is 40.0 Å². The van der Waals surface area contributed by atoms with E-state index in [0.717, 1.165) is 62.0 Å². The summed E-state index contributed by atoms with van der Waals surface area (Å²) in [6, 6.07) is 8.52. The number of nitrogens with one attached hydrogen (secondary N) is 1. The van der Waals surface area contributed by atoms with Gasteiger partial charge in [0.15, 0.2) is 0 Å². The molecule has 1 atom stereocenters. The summed E-state index contributed by atoms with van der Waals surface area (Å²) in [7, 11) is 0. The summed E-state index contributed by atoms with van der Waals surface area (Å²) in [6.45, 7) is 1.88. The van der Waals surface area contributed by atoms with Crippen molar-refractivity contribution in [2.45, 2.75) is 57.4 Å². The Bertz CT molecular complexity index is 1230. The lowest BCUT2D eigenvalue weighted by Gasteiger charge is -2.25. The Kier molecular flexibility index (Phi) is 6.40. The van der Waals surface area contributed by atoms with E-state index in [-0.39, 0.29) is 30.3 Å². The van der Waals surface area contributed by atoms with Gasteiger partial charge in [0.25, 0.3) is 0 Å². The van der Waals surface area contributed by atoms with E-state index in [2.05, 4.69) is 38.4 Å². The quantitative estimate of drug-likeness (QED) is 0.543. The summed E-state index contributed by atoms with van der Waals surface area (Å²) < 4.78 is 0. The normalized spacial score (nSPS) is 19.9. The van der Waals surface area contributed by atoms with Crippen molar-refractivity contribution in [1.29, 1.82) is 0 Å². The molecule has 2 fully saturated rings. The molecule has 3 aliphatic rings. The first-order valence-electron chi connectivity index (χ1n) is 12.3. The number of halogens is 1. The van der Waals surface area contributed by atoms with Crippen molar-refractivity contribution < 1.29 is 4.79 Å². The molecule has 1 aromatic carbocycles. The van der Waals surface area contributed by atoms with E-state index in [4.69, 9.17) is 10.7 Å². The second-order valence-electron chi connectivity index (χ2n) is 9.70. The van der Waals surface area contributed by atoms with Gasteiger partial charge in [-0.15, -0.1) is 12.4 Å². The second kappa shape index (κ2) is 9.47. The van der Waals surface area contributed by atoms with Crippen LogP contribution >= 0.6 is 12.4 Å². The topological polar surface area (TPSA) is 97.0 Å². The molecule has 0 radical (unpaired) electrons. The maximum absolute atomic E-state index is 12.2. The average molecular weight is 479 g/mol. The Hall–Kier alpha value is -2.77. The van der Waals surface area contributed by atoms with Crippen molar-refractivity contribution in [3.05, 3.63) is 41.7 Å². The van der Waals surface area contributed by atoms with Gasteiger partial charge in [-0.1, -0.05) is 12.5 Å². The minimum absolute atomic E-state index is 0. The van der Waals surface area contributed by atoms with Crippen LogP contribution in [0.2, 0.25) is 0 Å². The van der Waals surface area contributed by atoms with Gasteiger partial charge < -0.3 is 10.6 Å². The van der Waals surface area contributed by atoms with Crippen LogP contribution in [0, 0.1) is 5.92 Å². The first kappa shape index (κ1) is 23.0. The lowest BCUT2D eigenvalue weighted by Crippen LogP contribution is -2.27. The fourth-order valence-electron chi connectivity index (χ4n) is 5.22. The van der Waals surface area contributed by atoms with Gasteiger partial charge in [0.1, 0.15) is 0 Å². The number of nitrogens with two attached hydrogens (primary N) is 1. The molecule has 0 spiro atoms. The molecule has 3 N–H and O–H groups in total. The number of aromatic nitrogens is 3. The second-order valence-corrected chi connectivity index (χ2v) is 9.70. The zero-order valence-corrected chi connectivity index (χ0v) is 20.1. The molecule has 178 valence electrons. The predicted molar refractivity (Wildman–Crippen MR) is 137 cm³/mol. The van der Waals surface area contributed by atoms with Crippen molar-refractivity contribution in [3.8, 4) is 11.3 Å². The highest BCUT2D eigenvalue weighted by Crippen LogP contribution is 2.38. The Morgan fingerprint density at radius 3 is 2.71 bits per heavy atom. The standard InChI is InChI=1S/C26H30N6O.ClH/c27-18-11-13-32(15-18)24-19-4-2-1-3-5-22(19)29-23-9-8-17(14-20(23)24)21-10-12-28-26(30-21)31-25(33)16-6-7-16;/h8-10,12,14,16,18H,1-7,11,13,15,27H2,(H,28,30,31,33);1H/t18-;/m0./s1. The molecule has 1 saturated carbocycles. The molecule has 2 aliphatic carbocycles. The molecular weight excluding hydrogens is 448 g/mol. The summed E-state index contributed by atoms with van der Waals surface area (Å²) >= 11 is 0. The number of benzene rings is 1. The molecule has 3 aromatic rings. The number of amides is 1. The number of carbonyl (C=O) groups excluding carboxylic acids is 1. The van der Waals surface area contributed by atoms with Crippen LogP contribution in [0.5, 0.6) is 0 Å². The highest BCUT2D eigenvalue weighted by atomic mass is 35.5. The van der Waals surface area contributed by atoms with Crippen molar-refractivity contribution in [2.24, 2.45) is 11.7 Å². The van der Waals surface area contributed by atoms with E-state index in [1.165, 1.54) is 41.6 Å². The van der Waals surface area contributed by atoms with Gasteiger partial charge >= 0.3 is 0 Å². The molecule has 6 rings (SSSR count). The Balaban J connectivity index is 0.00000241. The van der Waals surface area contributed by atoms with Crippen molar-refractivity contribution >= 4 is 40.9 Å². The summed E-state index contributed by atoms with van der Waals surface area (Å²) in [6.07, 6.45) is 10.4. The smallest absolute Gasteiger partial charge is 0.229 e. The number of rotatable bonds is 4. The Morgan fingerprint density at radius 1 is 1.06 bits per heavy atom. The van der Waals surface area contributed by atoms with Crippen LogP contribution in [0.25, 0.3) is 22.2 Å². The Labute approximate surface area is 206 Å². The number of pyridine rings is 1. The van der Waals surface area contributed by atoms with E-state index in [1.807, 2.05) is 6.07 Å². The number of fused-ring (bicyclic) bond motifs is 2. The van der Waals surface area contributed by atoms with Gasteiger partial charge in [-0.2, -0.15) is 0 Å². The minimum Gasteiger partial charge on any atom is -0.369 e. The molecule has 1 amide bonds. The highest BCUT2D eigenvalue weighted by Gasteiger charge is 2.30. The molecule has 1 saturated heterocycles. The third kappa shape index (κ3) is 4.46. The van der Waals surface area contributed by atoms with Gasteiger partial charge in [0.05, 0.1) is 16.9 Å². The average Bonchev–Trinajstić information content (AvgIpc) is 3.62. The lowest BCUT2D eigenvalue weighted by molar-refractivity contribution is -0.117. The molecular formula is C26H31ClN6O. The third-order valence-electron chi connectivity index (χ3n) is 7.16. The summed E-state index contributed by atoms with van der Waals surface area (Å²) in [5.41, 5.74) is 13.1. The molecule has 1 aliphatic heterocycles. The molecule has 8 heteroatoms. The van der Waals surface area contributed by atoms with Gasteiger partial charge in [0.2, 0.25) is 11.9 Å². The number of hydrogen-bond donors (Lipinski definition) is 2. The first-order valence-corrected chi connectivity index (χ1v) is 12.3. The van der Waals surface area contributed by atoms with Crippen LogP contribution in [0.15, 0.2) is 30.5 Å². The summed E-state index contributed by atoms with van der Waals surface area (Å²) in [5.74, 6) is 0.508. The molecule has 2 aromatic heterocycles. The molecule has 0 unspecified atom stereocenters.